The first-order valence-electron chi connectivity index (χ1n) is 10.6. The second-order valence-corrected chi connectivity index (χ2v) is 9.85. The Bertz CT molecular complexity index is 1280. The molecule has 0 amide bonds. The third-order valence-corrected chi connectivity index (χ3v) is 7.30. The van der Waals surface area contributed by atoms with E-state index in [9.17, 15) is 0 Å². The minimum absolute atomic E-state index is 0.237. The van der Waals surface area contributed by atoms with Crippen molar-refractivity contribution in [1.29, 1.82) is 0 Å². The zero-order valence-electron chi connectivity index (χ0n) is 17.8. The summed E-state index contributed by atoms with van der Waals surface area (Å²) in [5.74, 6) is 1.32. The van der Waals surface area contributed by atoms with Crippen LogP contribution < -0.4 is 10.2 Å². The highest BCUT2D eigenvalue weighted by atomic mass is 35.5. The van der Waals surface area contributed by atoms with Crippen LogP contribution >= 0.6 is 35.2 Å². The number of piperazine rings is 1. The van der Waals surface area contributed by atoms with Gasteiger partial charge in [0.25, 0.3) is 0 Å². The first-order chi connectivity index (χ1) is 15.5. The highest BCUT2D eigenvalue weighted by Gasteiger charge is 2.32. The largest absolute Gasteiger partial charge is 0.351 e. The molecule has 164 valence electrons. The summed E-state index contributed by atoms with van der Waals surface area (Å²) in [5.41, 5.74) is 2.83. The standard InChI is InChI=1S/C23H23ClN6S2/c1-14(2)19-13-29(21-20-18(8-12-32-20)26-22(24)28-21)10-11-30(19)23(31)27-17-7-3-6-16-15(17)5-4-9-25-16/h3-9,12,14,19H,10-11,13H2,1-2H3,(H,27,31). The van der Waals surface area contributed by atoms with Crippen LogP contribution in [0.4, 0.5) is 11.5 Å². The summed E-state index contributed by atoms with van der Waals surface area (Å²) in [6, 6.07) is 12.3. The van der Waals surface area contributed by atoms with Gasteiger partial charge in [-0.05, 0) is 65.4 Å². The Morgan fingerprint density at radius 2 is 2.03 bits per heavy atom. The molecule has 1 fully saturated rings. The van der Waals surface area contributed by atoms with Crippen molar-refractivity contribution in [2.24, 2.45) is 5.92 Å². The topological polar surface area (TPSA) is 57.2 Å². The van der Waals surface area contributed by atoms with E-state index in [1.165, 1.54) is 0 Å². The quantitative estimate of drug-likeness (QED) is 0.308. The third kappa shape index (κ3) is 3.98. The molecule has 5 rings (SSSR count). The van der Waals surface area contributed by atoms with Gasteiger partial charge in [0, 0.05) is 36.9 Å². The number of fused-ring (bicyclic) bond motifs is 2. The number of rotatable bonds is 3. The lowest BCUT2D eigenvalue weighted by atomic mass is 10.00. The lowest BCUT2D eigenvalue weighted by Crippen LogP contribution is -2.58. The van der Waals surface area contributed by atoms with Crippen LogP contribution in [-0.4, -0.2) is 50.6 Å². The smallest absolute Gasteiger partial charge is 0.224 e. The maximum atomic E-state index is 6.23. The molecule has 1 N–H and O–H groups in total. The van der Waals surface area contributed by atoms with Crippen molar-refractivity contribution >= 4 is 72.9 Å². The molecule has 6 nitrogen and oxygen atoms in total. The molecular weight excluding hydrogens is 460 g/mol. The van der Waals surface area contributed by atoms with E-state index in [4.69, 9.17) is 23.8 Å². The van der Waals surface area contributed by atoms with E-state index in [0.717, 1.165) is 57.4 Å². The van der Waals surface area contributed by atoms with Gasteiger partial charge in [0.1, 0.15) is 0 Å². The molecule has 3 aromatic heterocycles. The van der Waals surface area contributed by atoms with Crippen LogP contribution in [0.1, 0.15) is 13.8 Å². The Morgan fingerprint density at radius 1 is 1.16 bits per heavy atom. The number of thiocarbonyl (C=S) groups is 1. The van der Waals surface area contributed by atoms with Crippen LogP contribution in [0.3, 0.4) is 0 Å². The van der Waals surface area contributed by atoms with Gasteiger partial charge in [-0.15, -0.1) is 11.3 Å². The minimum atomic E-state index is 0.237. The normalized spacial score (nSPS) is 16.8. The van der Waals surface area contributed by atoms with Gasteiger partial charge in [0.15, 0.2) is 10.9 Å². The van der Waals surface area contributed by atoms with E-state index in [-0.39, 0.29) is 11.3 Å². The van der Waals surface area contributed by atoms with E-state index in [1.54, 1.807) is 11.3 Å². The zero-order valence-corrected chi connectivity index (χ0v) is 20.2. The predicted octanol–water partition coefficient (Wildman–Crippen LogP) is 5.44. The molecule has 0 aliphatic carbocycles. The number of pyridine rings is 1. The number of anilines is 2. The number of benzene rings is 1. The molecule has 1 saturated heterocycles. The summed E-state index contributed by atoms with van der Waals surface area (Å²) in [6.07, 6.45) is 1.81. The van der Waals surface area contributed by atoms with Gasteiger partial charge >= 0.3 is 0 Å². The van der Waals surface area contributed by atoms with Crippen molar-refractivity contribution in [1.82, 2.24) is 19.9 Å². The zero-order chi connectivity index (χ0) is 22.2. The van der Waals surface area contributed by atoms with Crippen molar-refractivity contribution in [3.8, 4) is 0 Å². The summed E-state index contributed by atoms with van der Waals surface area (Å²) in [6.45, 7) is 6.89. The van der Waals surface area contributed by atoms with Crippen molar-refractivity contribution in [2.45, 2.75) is 19.9 Å². The molecule has 1 aromatic carbocycles. The highest BCUT2D eigenvalue weighted by Crippen LogP contribution is 2.32. The van der Waals surface area contributed by atoms with E-state index in [1.807, 2.05) is 41.9 Å². The molecule has 1 aliphatic heterocycles. The van der Waals surface area contributed by atoms with E-state index in [2.05, 4.69) is 50.0 Å². The maximum absolute atomic E-state index is 6.23. The van der Waals surface area contributed by atoms with Gasteiger partial charge in [-0.25, -0.2) is 4.98 Å². The van der Waals surface area contributed by atoms with Crippen molar-refractivity contribution in [3.63, 3.8) is 0 Å². The molecule has 1 atom stereocenters. The number of nitrogens with one attached hydrogen (secondary N) is 1. The van der Waals surface area contributed by atoms with Crippen molar-refractivity contribution < 1.29 is 0 Å². The predicted molar refractivity (Wildman–Crippen MR) is 138 cm³/mol. The summed E-state index contributed by atoms with van der Waals surface area (Å²) in [5, 5.41) is 7.61. The lowest BCUT2D eigenvalue weighted by Gasteiger charge is -2.45. The van der Waals surface area contributed by atoms with Gasteiger partial charge in [-0.1, -0.05) is 19.9 Å². The average molecular weight is 483 g/mol. The third-order valence-electron chi connectivity index (χ3n) is 5.89. The van der Waals surface area contributed by atoms with Gasteiger partial charge in [0.05, 0.1) is 21.8 Å². The molecule has 4 aromatic rings. The number of hydrogen-bond donors (Lipinski definition) is 1. The van der Waals surface area contributed by atoms with Gasteiger partial charge in [0.2, 0.25) is 5.28 Å². The van der Waals surface area contributed by atoms with Crippen LogP contribution in [0.5, 0.6) is 0 Å². The minimum Gasteiger partial charge on any atom is -0.351 e. The molecular formula is C23H23ClN6S2. The number of nitrogens with zero attached hydrogens (tertiary/aromatic N) is 5. The Hall–Kier alpha value is -2.55. The van der Waals surface area contributed by atoms with Crippen LogP contribution in [0.2, 0.25) is 5.28 Å². The Morgan fingerprint density at radius 3 is 2.88 bits per heavy atom. The maximum Gasteiger partial charge on any atom is 0.224 e. The van der Waals surface area contributed by atoms with Crippen LogP contribution in [0.25, 0.3) is 21.1 Å². The van der Waals surface area contributed by atoms with Crippen molar-refractivity contribution in [2.75, 3.05) is 29.9 Å². The Labute approximate surface area is 201 Å². The first kappa shape index (κ1) is 21.3. The highest BCUT2D eigenvalue weighted by molar-refractivity contribution is 7.80. The number of halogens is 1. The Kier molecular flexibility index (Phi) is 5.84. The molecule has 9 heteroatoms. The van der Waals surface area contributed by atoms with E-state index in [0.29, 0.717) is 5.92 Å². The summed E-state index contributed by atoms with van der Waals surface area (Å²) in [7, 11) is 0. The van der Waals surface area contributed by atoms with Crippen molar-refractivity contribution in [3.05, 3.63) is 53.3 Å². The summed E-state index contributed by atoms with van der Waals surface area (Å²) >= 11 is 13.8. The first-order valence-corrected chi connectivity index (χ1v) is 12.2. The van der Waals surface area contributed by atoms with Gasteiger partial charge in [-0.2, -0.15) is 4.98 Å². The second kappa shape index (κ2) is 8.77. The van der Waals surface area contributed by atoms with Crippen LogP contribution in [-0.2, 0) is 0 Å². The number of thiophene rings is 1. The molecule has 0 radical (unpaired) electrons. The average Bonchev–Trinajstić information content (AvgIpc) is 3.26. The molecule has 0 saturated carbocycles. The Balaban J connectivity index is 1.40. The fraction of sp³-hybridized carbons (Fsp3) is 0.304. The number of aromatic nitrogens is 3. The summed E-state index contributed by atoms with van der Waals surface area (Å²) in [4.78, 5) is 18.0. The molecule has 1 unspecified atom stereocenters. The molecule has 0 spiro atoms. The van der Waals surface area contributed by atoms with E-state index < -0.39 is 0 Å². The summed E-state index contributed by atoms with van der Waals surface area (Å²) < 4.78 is 1.08. The van der Waals surface area contributed by atoms with E-state index >= 15 is 0 Å². The van der Waals surface area contributed by atoms with Gasteiger partial charge < -0.3 is 15.1 Å². The monoisotopic (exact) mass is 482 g/mol. The SMILES string of the molecule is CC(C)C1CN(c2nc(Cl)nc3ccsc23)CCN1C(=S)Nc1cccc2ncccc12. The number of hydrogen-bond acceptors (Lipinski definition) is 6. The second-order valence-electron chi connectivity index (χ2n) is 8.21. The molecule has 4 heterocycles. The molecule has 1 aliphatic rings. The van der Waals surface area contributed by atoms with Crippen LogP contribution in [0, 0.1) is 5.92 Å². The lowest BCUT2D eigenvalue weighted by molar-refractivity contribution is 0.227. The van der Waals surface area contributed by atoms with Crippen LogP contribution in [0.15, 0.2) is 48.0 Å². The van der Waals surface area contributed by atoms with Gasteiger partial charge in [-0.3, -0.25) is 4.98 Å². The molecule has 0 bridgehead atoms. The molecule has 32 heavy (non-hydrogen) atoms. The fourth-order valence-electron chi connectivity index (χ4n) is 4.26. The fourth-order valence-corrected chi connectivity index (χ4v) is 5.61.